The molecule has 2 aromatic rings. The SMILES string of the molecule is COC(=O)c1ccc(Cl)c(NC(C)c2cc(Cl)sc2Cl)c1. The first-order chi connectivity index (χ1) is 9.92. The Hall–Kier alpha value is -0.940. The first-order valence-electron chi connectivity index (χ1n) is 6.01. The van der Waals surface area contributed by atoms with Gasteiger partial charge in [0.15, 0.2) is 0 Å². The monoisotopic (exact) mass is 363 g/mol. The van der Waals surface area contributed by atoms with Gasteiger partial charge in [0.2, 0.25) is 0 Å². The van der Waals surface area contributed by atoms with Crippen molar-refractivity contribution in [2.24, 2.45) is 0 Å². The van der Waals surface area contributed by atoms with Gasteiger partial charge >= 0.3 is 5.97 Å². The first-order valence-corrected chi connectivity index (χ1v) is 7.96. The molecule has 0 aliphatic carbocycles. The van der Waals surface area contributed by atoms with Crippen molar-refractivity contribution in [3.63, 3.8) is 0 Å². The predicted octanol–water partition coefficient (Wildman–Crippen LogP) is 5.67. The van der Waals surface area contributed by atoms with Gasteiger partial charge in [0.05, 0.1) is 38.1 Å². The highest BCUT2D eigenvalue weighted by Gasteiger charge is 2.16. The molecule has 0 bridgehead atoms. The molecule has 1 unspecified atom stereocenters. The molecule has 0 saturated carbocycles. The lowest BCUT2D eigenvalue weighted by Gasteiger charge is -2.16. The lowest BCUT2D eigenvalue weighted by atomic mass is 10.1. The normalized spacial score (nSPS) is 12.0. The molecular formula is C14H12Cl3NO2S. The highest BCUT2D eigenvalue weighted by Crippen LogP contribution is 2.37. The van der Waals surface area contributed by atoms with Gasteiger partial charge in [-0.1, -0.05) is 34.8 Å². The molecule has 1 aromatic heterocycles. The minimum atomic E-state index is -0.418. The van der Waals surface area contributed by atoms with Crippen molar-refractivity contribution >= 4 is 57.8 Å². The predicted molar refractivity (Wildman–Crippen MR) is 89.2 cm³/mol. The van der Waals surface area contributed by atoms with Gasteiger partial charge in [0.25, 0.3) is 0 Å². The number of halogens is 3. The standard InChI is InChI=1S/C14H12Cl3NO2S/c1-7(9-6-12(16)21-13(9)17)18-11-5-8(14(19)20-2)3-4-10(11)15/h3-7,18H,1-2H3. The highest BCUT2D eigenvalue weighted by atomic mass is 35.5. The van der Waals surface area contributed by atoms with Crippen LogP contribution >= 0.6 is 46.1 Å². The van der Waals surface area contributed by atoms with Crippen LogP contribution in [-0.4, -0.2) is 13.1 Å². The molecule has 1 N–H and O–H groups in total. The zero-order valence-electron chi connectivity index (χ0n) is 11.2. The first kappa shape index (κ1) is 16.4. The third kappa shape index (κ3) is 3.83. The van der Waals surface area contributed by atoms with E-state index >= 15 is 0 Å². The van der Waals surface area contributed by atoms with Gasteiger partial charge in [-0.25, -0.2) is 4.79 Å². The maximum absolute atomic E-state index is 11.6. The number of anilines is 1. The summed E-state index contributed by atoms with van der Waals surface area (Å²) < 4.78 is 5.94. The molecule has 3 nitrogen and oxygen atoms in total. The van der Waals surface area contributed by atoms with E-state index in [0.29, 0.717) is 24.9 Å². The molecule has 1 aromatic carbocycles. The number of carbonyl (C=O) groups is 1. The lowest BCUT2D eigenvalue weighted by molar-refractivity contribution is 0.0601. The number of rotatable bonds is 4. The van der Waals surface area contributed by atoms with E-state index in [-0.39, 0.29) is 6.04 Å². The van der Waals surface area contributed by atoms with E-state index in [1.54, 1.807) is 18.2 Å². The number of nitrogens with one attached hydrogen (secondary N) is 1. The second-order valence-electron chi connectivity index (χ2n) is 4.33. The molecule has 1 heterocycles. The van der Waals surface area contributed by atoms with Crippen LogP contribution in [0.15, 0.2) is 24.3 Å². The Bertz CT molecular complexity index is 672. The van der Waals surface area contributed by atoms with Gasteiger partial charge in [0.1, 0.15) is 0 Å². The van der Waals surface area contributed by atoms with Crippen molar-refractivity contribution in [1.82, 2.24) is 0 Å². The molecule has 21 heavy (non-hydrogen) atoms. The minimum Gasteiger partial charge on any atom is -0.465 e. The molecule has 0 spiro atoms. The summed E-state index contributed by atoms with van der Waals surface area (Å²) in [6.45, 7) is 1.94. The number of hydrogen-bond donors (Lipinski definition) is 1. The zero-order chi connectivity index (χ0) is 15.6. The Morgan fingerprint density at radius 2 is 2.00 bits per heavy atom. The van der Waals surface area contributed by atoms with E-state index in [0.717, 1.165) is 5.56 Å². The Labute approximate surface area is 141 Å². The Morgan fingerprint density at radius 1 is 1.29 bits per heavy atom. The summed E-state index contributed by atoms with van der Waals surface area (Å²) in [5.74, 6) is -0.418. The summed E-state index contributed by atoms with van der Waals surface area (Å²) >= 11 is 19.5. The average Bonchev–Trinajstić information content (AvgIpc) is 2.79. The van der Waals surface area contributed by atoms with E-state index in [2.05, 4.69) is 5.32 Å². The molecule has 112 valence electrons. The molecule has 0 amide bonds. The van der Waals surface area contributed by atoms with Crippen LogP contribution in [-0.2, 0) is 4.74 Å². The smallest absolute Gasteiger partial charge is 0.337 e. The Balaban J connectivity index is 2.26. The van der Waals surface area contributed by atoms with Crippen LogP contribution in [0.5, 0.6) is 0 Å². The zero-order valence-corrected chi connectivity index (χ0v) is 14.3. The van der Waals surface area contributed by atoms with Crippen molar-refractivity contribution in [3.05, 3.63) is 49.1 Å². The van der Waals surface area contributed by atoms with Crippen LogP contribution in [0.4, 0.5) is 5.69 Å². The topological polar surface area (TPSA) is 38.3 Å². The minimum absolute atomic E-state index is 0.105. The molecule has 0 aliphatic heterocycles. The molecular weight excluding hydrogens is 353 g/mol. The van der Waals surface area contributed by atoms with Gasteiger partial charge in [-0.15, -0.1) is 11.3 Å². The fraction of sp³-hybridized carbons (Fsp3) is 0.214. The second kappa shape index (κ2) is 6.88. The molecule has 7 heteroatoms. The Morgan fingerprint density at radius 3 is 2.57 bits per heavy atom. The molecule has 0 fully saturated rings. The van der Waals surface area contributed by atoms with Crippen molar-refractivity contribution in [2.75, 3.05) is 12.4 Å². The largest absolute Gasteiger partial charge is 0.465 e. The summed E-state index contributed by atoms with van der Waals surface area (Å²) in [5.41, 5.74) is 1.93. The van der Waals surface area contributed by atoms with Crippen molar-refractivity contribution in [3.8, 4) is 0 Å². The van der Waals surface area contributed by atoms with Gasteiger partial charge in [-0.2, -0.15) is 0 Å². The van der Waals surface area contributed by atoms with Gasteiger partial charge in [-0.05, 0) is 31.2 Å². The van der Waals surface area contributed by atoms with E-state index < -0.39 is 5.97 Å². The summed E-state index contributed by atoms with van der Waals surface area (Å²) in [5, 5.41) is 3.73. The van der Waals surface area contributed by atoms with E-state index in [4.69, 9.17) is 39.5 Å². The van der Waals surface area contributed by atoms with Crippen molar-refractivity contribution in [1.29, 1.82) is 0 Å². The number of esters is 1. The number of thiophene rings is 1. The molecule has 0 radical (unpaired) electrons. The van der Waals surface area contributed by atoms with Crippen molar-refractivity contribution < 1.29 is 9.53 Å². The lowest BCUT2D eigenvalue weighted by Crippen LogP contribution is -2.08. The van der Waals surface area contributed by atoms with Crippen LogP contribution in [0.25, 0.3) is 0 Å². The van der Waals surface area contributed by atoms with Gasteiger partial charge < -0.3 is 10.1 Å². The third-order valence-corrected chi connectivity index (χ3v) is 4.76. The molecule has 0 saturated heterocycles. The Kier molecular flexibility index (Phi) is 5.38. The maximum atomic E-state index is 11.6. The number of hydrogen-bond acceptors (Lipinski definition) is 4. The summed E-state index contributed by atoms with van der Waals surface area (Å²) in [6.07, 6.45) is 0. The van der Waals surface area contributed by atoms with Crippen LogP contribution in [0.1, 0.15) is 28.9 Å². The fourth-order valence-electron chi connectivity index (χ4n) is 1.84. The number of ether oxygens (including phenoxy) is 1. The van der Waals surface area contributed by atoms with Gasteiger partial charge in [-0.3, -0.25) is 0 Å². The van der Waals surface area contributed by atoms with E-state index in [1.165, 1.54) is 18.4 Å². The van der Waals surface area contributed by atoms with Crippen LogP contribution in [0.2, 0.25) is 13.7 Å². The van der Waals surface area contributed by atoms with Gasteiger partial charge in [0, 0.05) is 5.56 Å². The number of benzene rings is 1. The summed E-state index contributed by atoms with van der Waals surface area (Å²) in [7, 11) is 1.33. The maximum Gasteiger partial charge on any atom is 0.337 e. The fourth-order valence-corrected chi connectivity index (χ4v) is 3.66. The van der Waals surface area contributed by atoms with Crippen LogP contribution in [0.3, 0.4) is 0 Å². The van der Waals surface area contributed by atoms with Crippen LogP contribution < -0.4 is 5.32 Å². The second-order valence-corrected chi connectivity index (χ2v) is 7.02. The van der Waals surface area contributed by atoms with E-state index in [1.807, 2.05) is 13.0 Å². The molecule has 0 aliphatic rings. The average molecular weight is 365 g/mol. The quantitative estimate of drug-likeness (QED) is 0.710. The van der Waals surface area contributed by atoms with E-state index in [9.17, 15) is 4.79 Å². The number of carbonyl (C=O) groups excluding carboxylic acids is 1. The summed E-state index contributed by atoms with van der Waals surface area (Å²) in [6, 6.07) is 6.60. The van der Waals surface area contributed by atoms with Crippen LogP contribution in [0, 0.1) is 0 Å². The number of methoxy groups -OCH3 is 1. The van der Waals surface area contributed by atoms with Crippen molar-refractivity contribution in [2.45, 2.75) is 13.0 Å². The molecule has 2 rings (SSSR count). The molecule has 1 atom stereocenters. The highest BCUT2D eigenvalue weighted by molar-refractivity contribution is 7.20. The summed E-state index contributed by atoms with van der Waals surface area (Å²) in [4.78, 5) is 11.6. The third-order valence-electron chi connectivity index (χ3n) is 2.91.